The lowest BCUT2D eigenvalue weighted by molar-refractivity contribution is -0.142. The summed E-state index contributed by atoms with van der Waals surface area (Å²) in [5, 5.41) is 11.5. The van der Waals surface area contributed by atoms with E-state index < -0.39 is 12.0 Å². The molecule has 17 heavy (non-hydrogen) atoms. The molecular weight excluding hydrogens is 218 g/mol. The van der Waals surface area contributed by atoms with Gasteiger partial charge in [0.1, 0.15) is 6.04 Å². The average molecular weight is 241 g/mol. The monoisotopic (exact) mass is 241 g/mol. The molecule has 1 atom stereocenters. The van der Waals surface area contributed by atoms with Gasteiger partial charge in [-0.05, 0) is 24.7 Å². The third-order valence-electron chi connectivity index (χ3n) is 2.39. The van der Waals surface area contributed by atoms with Crippen LogP contribution in [0.2, 0.25) is 0 Å². The molecule has 1 amide bonds. The van der Waals surface area contributed by atoms with Crippen LogP contribution in [0.15, 0.2) is 12.7 Å². The van der Waals surface area contributed by atoms with Crippen molar-refractivity contribution in [2.45, 2.75) is 52.5 Å². The summed E-state index contributed by atoms with van der Waals surface area (Å²) < 4.78 is 0. The molecule has 0 aromatic rings. The largest absolute Gasteiger partial charge is 0.480 e. The zero-order chi connectivity index (χ0) is 13.5. The molecule has 0 aliphatic heterocycles. The van der Waals surface area contributed by atoms with Crippen molar-refractivity contribution >= 4 is 11.9 Å². The first-order valence-electron chi connectivity index (χ1n) is 5.89. The first kappa shape index (κ1) is 15.7. The van der Waals surface area contributed by atoms with Crippen LogP contribution in [0.4, 0.5) is 0 Å². The van der Waals surface area contributed by atoms with E-state index in [9.17, 15) is 9.59 Å². The van der Waals surface area contributed by atoms with Crippen LogP contribution < -0.4 is 5.32 Å². The Bertz CT molecular complexity index is 279. The minimum absolute atomic E-state index is 0.0805. The molecule has 0 heterocycles. The highest BCUT2D eigenvalue weighted by Gasteiger charge is 2.20. The molecule has 2 N–H and O–H groups in total. The maximum Gasteiger partial charge on any atom is 0.326 e. The molecule has 0 saturated carbocycles. The SMILES string of the molecule is C=CCCC(NC(=O)CCC(C)(C)C)C(=O)O. The van der Waals surface area contributed by atoms with E-state index in [1.807, 2.05) is 20.8 Å². The van der Waals surface area contributed by atoms with E-state index >= 15 is 0 Å². The van der Waals surface area contributed by atoms with E-state index in [0.717, 1.165) is 6.42 Å². The summed E-state index contributed by atoms with van der Waals surface area (Å²) in [5.74, 6) is -1.19. The summed E-state index contributed by atoms with van der Waals surface area (Å²) in [7, 11) is 0. The molecule has 4 heteroatoms. The van der Waals surface area contributed by atoms with E-state index in [2.05, 4.69) is 11.9 Å². The Balaban J connectivity index is 4.12. The standard InChI is InChI=1S/C13H23NO3/c1-5-6-7-10(12(16)17)14-11(15)8-9-13(2,3)4/h5,10H,1,6-9H2,2-4H3,(H,14,15)(H,16,17). The Kier molecular flexibility index (Phi) is 6.54. The second-order valence-electron chi connectivity index (χ2n) is 5.39. The van der Waals surface area contributed by atoms with Crippen LogP contribution >= 0.6 is 0 Å². The topological polar surface area (TPSA) is 66.4 Å². The molecule has 0 aliphatic carbocycles. The lowest BCUT2D eigenvalue weighted by atomic mass is 9.90. The van der Waals surface area contributed by atoms with Gasteiger partial charge in [0, 0.05) is 6.42 Å². The number of carbonyl (C=O) groups is 2. The third kappa shape index (κ3) is 8.48. The van der Waals surface area contributed by atoms with Crippen molar-refractivity contribution in [1.29, 1.82) is 0 Å². The molecule has 0 radical (unpaired) electrons. The molecule has 4 nitrogen and oxygen atoms in total. The van der Waals surface area contributed by atoms with Crippen LogP contribution in [-0.4, -0.2) is 23.0 Å². The predicted molar refractivity (Wildman–Crippen MR) is 67.7 cm³/mol. The van der Waals surface area contributed by atoms with Gasteiger partial charge in [0.2, 0.25) is 5.91 Å². The van der Waals surface area contributed by atoms with E-state index in [1.54, 1.807) is 6.08 Å². The van der Waals surface area contributed by atoms with Crippen molar-refractivity contribution in [2.24, 2.45) is 5.41 Å². The smallest absolute Gasteiger partial charge is 0.326 e. The van der Waals surface area contributed by atoms with Crippen LogP contribution in [-0.2, 0) is 9.59 Å². The minimum Gasteiger partial charge on any atom is -0.480 e. The van der Waals surface area contributed by atoms with Crippen molar-refractivity contribution in [2.75, 3.05) is 0 Å². The zero-order valence-corrected chi connectivity index (χ0v) is 11.0. The van der Waals surface area contributed by atoms with Gasteiger partial charge in [-0.1, -0.05) is 26.8 Å². The Labute approximate surface area is 103 Å². The van der Waals surface area contributed by atoms with E-state index in [-0.39, 0.29) is 11.3 Å². The predicted octanol–water partition coefficient (Wildman–Crippen LogP) is 2.35. The maximum absolute atomic E-state index is 11.6. The molecule has 0 aliphatic rings. The fourth-order valence-electron chi connectivity index (χ4n) is 1.30. The Morgan fingerprint density at radius 3 is 2.41 bits per heavy atom. The van der Waals surface area contributed by atoms with Gasteiger partial charge in [0.05, 0.1) is 0 Å². The summed E-state index contributed by atoms with van der Waals surface area (Å²) >= 11 is 0. The molecule has 98 valence electrons. The number of amides is 1. The zero-order valence-electron chi connectivity index (χ0n) is 11.0. The Hall–Kier alpha value is -1.32. The first-order valence-corrected chi connectivity index (χ1v) is 5.89. The number of rotatable bonds is 7. The summed E-state index contributed by atoms with van der Waals surface area (Å²) in [6.45, 7) is 9.68. The van der Waals surface area contributed by atoms with Gasteiger partial charge >= 0.3 is 5.97 Å². The number of nitrogens with one attached hydrogen (secondary N) is 1. The van der Waals surface area contributed by atoms with E-state index in [4.69, 9.17) is 5.11 Å². The molecule has 0 rings (SSSR count). The second kappa shape index (κ2) is 7.09. The molecule has 0 aromatic carbocycles. The summed E-state index contributed by atoms with van der Waals surface area (Å²) in [6.07, 6.45) is 3.72. The second-order valence-corrected chi connectivity index (χ2v) is 5.39. The first-order chi connectivity index (χ1) is 7.76. The normalized spacial score (nSPS) is 12.9. The quantitative estimate of drug-likeness (QED) is 0.672. The molecule has 0 saturated heterocycles. The molecule has 0 spiro atoms. The fraction of sp³-hybridized carbons (Fsp3) is 0.692. The summed E-state index contributed by atoms with van der Waals surface area (Å²) in [5.41, 5.74) is 0.0805. The van der Waals surface area contributed by atoms with Crippen LogP contribution in [0.5, 0.6) is 0 Å². The van der Waals surface area contributed by atoms with Gasteiger partial charge in [-0.25, -0.2) is 4.79 Å². The number of carboxylic acids is 1. The number of carboxylic acid groups (broad SMARTS) is 1. The summed E-state index contributed by atoms with van der Waals surface area (Å²) in [6, 6.07) is -0.805. The van der Waals surface area contributed by atoms with Gasteiger partial charge in [0.25, 0.3) is 0 Å². The van der Waals surface area contributed by atoms with Crippen molar-refractivity contribution in [3.63, 3.8) is 0 Å². The molecular formula is C13H23NO3. The Morgan fingerprint density at radius 1 is 1.41 bits per heavy atom. The van der Waals surface area contributed by atoms with E-state index in [1.165, 1.54) is 0 Å². The highest BCUT2D eigenvalue weighted by atomic mass is 16.4. The lowest BCUT2D eigenvalue weighted by Gasteiger charge is -2.19. The molecule has 0 bridgehead atoms. The number of carbonyl (C=O) groups excluding carboxylic acids is 1. The van der Waals surface area contributed by atoms with Gasteiger partial charge < -0.3 is 10.4 Å². The number of hydrogen-bond acceptors (Lipinski definition) is 2. The third-order valence-corrected chi connectivity index (χ3v) is 2.39. The van der Waals surface area contributed by atoms with Gasteiger partial charge in [0.15, 0.2) is 0 Å². The van der Waals surface area contributed by atoms with Crippen molar-refractivity contribution in [1.82, 2.24) is 5.32 Å². The lowest BCUT2D eigenvalue weighted by Crippen LogP contribution is -2.40. The van der Waals surface area contributed by atoms with Gasteiger partial charge in [-0.2, -0.15) is 0 Å². The highest BCUT2D eigenvalue weighted by Crippen LogP contribution is 2.20. The van der Waals surface area contributed by atoms with Crippen LogP contribution in [0, 0.1) is 5.41 Å². The summed E-state index contributed by atoms with van der Waals surface area (Å²) in [4.78, 5) is 22.5. The van der Waals surface area contributed by atoms with Crippen molar-refractivity contribution < 1.29 is 14.7 Å². The highest BCUT2D eigenvalue weighted by molar-refractivity contribution is 5.83. The van der Waals surface area contributed by atoms with Gasteiger partial charge in [-0.3, -0.25) is 4.79 Å². The number of hydrogen-bond donors (Lipinski definition) is 2. The maximum atomic E-state index is 11.6. The molecule has 0 aromatic heterocycles. The van der Waals surface area contributed by atoms with E-state index in [0.29, 0.717) is 19.3 Å². The van der Waals surface area contributed by atoms with Crippen molar-refractivity contribution in [3.05, 3.63) is 12.7 Å². The van der Waals surface area contributed by atoms with Crippen LogP contribution in [0.25, 0.3) is 0 Å². The van der Waals surface area contributed by atoms with Crippen LogP contribution in [0.3, 0.4) is 0 Å². The molecule has 0 fully saturated rings. The van der Waals surface area contributed by atoms with Gasteiger partial charge in [-0.15, -0.1) is 6.58 Å². The fourth-order valence-corrected chi connectivity index (χ4v) is 1.30. The number of allylic oxidation sites excluding steroid dienone is 1. The minimum atomic E-state index is -0.990. The Morgan fingerprint density at radius 2 is 2.00 bits per heavy atom. The average Bonchev–Trinajstić information content (AvgIpc) is 2.19. The molecule has 1 unspecified atom stereocenters. The van der Waals surface area contributed by atoms with Crippen molar-refractivity contribution in [3.8, 4) is 0 Å². The number of aliphatic carboxylic acids is 1. The van der Waals surface area contributed by atoms with Crippen LogP contribution in [0.1, 0.15) is 46.5 Å².